The molecule has 8 heteroatoms. The molecule has 2 aromatic heterocycles. The number of piperidine rings is 1. The van der Waals surface area contributed by atoms with Crippen LogP contribution in [0.5, 0.6) is 0 Å². The molecule has 180 valence electrons. The molecule has 1 unspecified atom stereocenters. The molecule has 2 aliphatic rings. The van der Waals surface area contributed by atoms with Gasteiger partial charge in [-0.15, -0.1) is 0 Å². The zero-order chi connectivity index (χ0) is 24.5. The van der Waals surface area contributed by atoms with Crippen LogP contribution in [0.4, 0.5) is 5.82 Å². The summed E-state index contributed by atoms with van der Waals surface area (Å²) < 4.78 is 2.05. The van der Waals surface area contributed by atoms with Crippen molar-refractivity contribution in [2.45, 2.75) is 52.1 Å². The van der Waals surface area contributed by atoms with Gasteiger partial charge in [-0.1, -0.05) is 66.8 Å². The van der Waals surface area contributed by atoms with Crippen molar-refractivity contribution in [3.05, 3.63) is 80.6 Å². The largest absolute Gasteiger partial charge is 0.353 e. The third-order valence-corrected chi connectivity index (χ3v) is 8.11. The Labute approximate surface area is 214 Å². The molecule has 35 heavy (non-hydrogen) atoms. The first-order valence-electron chi connectivity index (χ1n) is 12.0. The second-order valence-corrected chi connectivity index (χ2v) is 10.8. The summed E-state index contributed by atoms with van der Waals surface area (Å²) in [6, 6.07) is 13.9. The number of hydrogen-bond donors (Lipinski definition) is 0. The van der Waals surface area contributed by atoms with Crippen LogP contribution in [0.15, 0.2) is 58.4 Å². The van der Waals surface area contributed by atoms with Crippen molar-refractivity contribution in [1.82, 2.24) is 14.3 Å². The molecule has 6 nitrogen and oxygen atoms in total. The van der Waals surface area contributed by atoms with E-state index in [1.54, 1.807) is 21.6 Å². The van der Waals surface area contributed by atoms with Gasteiger partial charge in [0.2, 0.25) is 0 Å². The molecule has 0 bridgehead atoms. The number of rotatable bonds is 5. The van der Waals surface area contributed by atoms with E-state index in [1.807, 2.05) is 49.4 Å². The molecule has 2 fully saturated rings. The van der Waals surface area contributed by atoms with Crippen LogP contribution in [0.25, 0.3) is 11.7 Å². The van der Waals surface area contributed by atoms with E-state index in [4.69, 9.17) is 17.2 Å². The Kier molecular flexibility index (Phi) is 6.75. The van der Waals surface area contributed by atoms with Gasteiger partial charge < -0.3 is 4.90 Å². The number of thiocarbonyl (C=S) groups is 1. The summed E-state index contributed by atoms with van der Waals surface area (Å²) in [4.78, 5) is 36.3. The Balaban J connectivity index is 1.57. The molecule has 1 amide bonds. The van der Waals surface area contributed by atoms with Crippen LogP contribution in [0.1, 0.15) is 49.3 Å². The normalized spacial score (nSPS) is 19.8. The average Bonchev–Trinajstić information content (AvgIpc) is 3.14. The van der Waals surface area contributed by atoms with Crippen LogP contribution in [0.3, 0.4) is 0 Å². The monoisotopic (exact) mass is 504 g/mol. The van der Waals surface area contributed by atoms with E-state index < -0.39 is 0 Å². The fraction of sp³-hybridized carbons (Fsp3) is 0.333. The highest BCUT2D eigenvalue weighted by molar-refractivity contribution is 8.26. The van der Waals surface area contributed by atoms with E-state index in [-0.39, 0.29) is 11.5 Å². The molecule has 0 saturated carbocycles. The van der Waals surface area contributed by atoms with Crippen LogP contribution in [0, 0.1) is 6.92 Å². The van der Waals surface area contributed by atoms with E-state index in [9.17, 15) is 9.59 Å². The first-order valence-corrected chi connectivity index (χ1v) is 13.3. The molecule has 0 radical (unpaired) electrons. The molecular formula is C27H28N4O2S2. The van der Waals surface area contributed by atoms with Gasteiger partial charge in [0.05, 0.1) is 17.0 Å². The minimum absolute atomic E-state index is 0.171. The van der Waals surface area contributed by atoms with E-state index in [0.717, 1.165) is 31.4 Å². The van der Waals surface area contributed by atoms with Gasteiger partial charge in [0.25, 0.3) is 11.5 Å². The Morgan fingerprint density at radius 2 is 1.94 bits per heavy atom. The first-order chi connectivity index (χ1) is 17.0. The van der Waals surface area contributed by atoms with Gasteiger partial charge in [-0.05, 0) is 56.4 Å². The summed E-state index contributed by atoms with van der Waals surface area (Å²) >= 11 is 6.81. The van der Waals surface area contributed by atoms with E-state index in [1.165, 1.54) is 23.7 Å². The van der Waals surface area contributed by atoms with E-state index >= 15 is 0 Å². The second kappa shape index (κ2) is 9.95. The van der Waals surface area contributed by atoms with Crippen molar-refractivity contribution in [2.75, 3.05) is 11.4 Å². The molecule has 2 saturated heterocycles. The van der Waals surface area contributed by atoms with Gasteiger partial charge in [-0.3, -0.25) is 18.9 Å². The molecule has 0 spiro atoms. The fourth-order valence-corrected chi connectivity index (χ4v) is 6.02. The Morgan fingerprint density at radius 1 is 1.14 bits per heavy atom. The zero-order valence-electron chi connectivity index (χ0n) is 19.9. The van der Waals surface area contributed by atoms with Crippen molar-refractivity contribution in [3.63, 3.8) is 0 Å². The average molecular weight is 505 g/mol. The van der Waals surface area contributed by atoms with E-state index in [0.29, 0.717) is 38.8 Å². The summed E-state index contributed by atoms with van der Waals surface area (Å²) in [6.45, 7) is 5.47. The van der Waals surface area contributed by atoms with Crippen LogP contribution < -0.4 is 10.5 Å². The first kappa shape index (κ1) is 23.8. The lowest BCUT2D eigenvalue weighted by molar-refractivity contribution is -0.122. The van der Waals surface area contributed by atoms with Crippen molar-refractivity contribution in [3.8, 4) is 0 Å². The number of amides is 1. The Hall–Kier alpha value is -2.97. The highest BCUT2D eigenvalue weighted by Crippen LogP contribution is 2.35. The summed E-state index contributed by atoms with van der Waals surface area (Å²) in [5.41, 5.74) is 3.07. The van der Waals surface area contributed by atoms with Crippen molar-refractivity contribution < 1.29 is 4.79 Å². The summed E-state index contributed by atoms with van der Waals surface area (Å²) in [7, 11) is 0. The predicted molar refractivity (Wildman–Crippen MR) is 147 cm³/mol. The molecule has 0 aliphatic carbocycles. The predicted octanol–water partition coefficient (Wildman–Crippen LogP) is 5.17. The molecule has 2 aliphatic heterocycles. The molecular weight excluding hydrogens is 476 g/mol. The quantitative estimate of drug-likeness (QED) is 0.353. The van der Waals surface area contributed by atoms with E-state index in [2.05, 4.69) is 11.8 Å². The lowest BCUT2D eigenvalue weighted by Gasteiger charge is -2.37. The number of pyridine rings is 1. The van der Waals surface area contributed by atoms with Gasteiger partial charge in [0, 0.05) is 18.8 Å². The number of aryl methyl sites for hydroxylation is 1. The summed E-state index contributed by atoms with van der Waals surface area (Å²) in [5.74, 6) is 0.492. The number of carbonyl (C=O) groups is 1. The van der Waals surface area contributed by atoms with Gasteiger partial charge in [-0.25, -0.2) is 4.98 Å². The number of thioether (sulfide) groups is 1. The smallest absolute Gasteiger partial charge is 0.267 e. The number of fused-ring (bicyclic) bond motifs is 1. The molecule has 3 aromatic rings. The molecule has 1 atom stereocenters. The highest BCUT2D eigenvalue weighted by atomic mass is 32.2. The number of anilines is 1. The lowest BCUT2D eigenvalue weighted by Crippen LogP contribution is -2.41. The van der Waals surface area contributed by atoms with Gasteiger partial charge in [0.1, 0.15) is 15.8 Å². The van der Waals surface area contributed by atoms with Crippen molar-refractivity contribution >= 4 is 51.7 Å². The number of nitrogens with zero attached hydrogens (tertiary/aromatic N) is 4. The number of benzene rings is 1. The molecule has 0 N–H and O–H groups in total. The Morgan fingerprint density at radius 3 is 2.71 bits per heavy atom. The molecule has 5 rings (SSSR count). The fourth-order valence-electron chi connectivity index (χ4n) is 4.78. The minimum atomic E-state index is -0.172. The van der Waals surface area contributed by atoms with Crippen molar-refractivity contribution in [2.24, 2.45) is 0 Å². The number of hydrogen-bond acceptors (Lipinski definition) is 6. The van der Waals surface area contributed by atoms with Gasteiger partial charge in [-0.2, -0.15) is 0 Å². The lowest BCUT2D eigenvalue weighted by atomic mass is 9.99. The third kappa shape index (κ3) is 4.65. The summed E-state index contributed by atoms with van der Waals surface area (Å²) in [5, 5.41) is 0. The molecule has 4 heterocycles. The number of aromatic nitrogens is 2. The highest BCUT2D eigenvalue weighted by Gasteiger charge is 2.33. The van der Waals surface area contributed by atoms with Gasteiger partial charge in [0.15, 0.2) is 0 Å². The maximum Gasteiger partial charge on any atom is 0.267 e. The standard InChI is InChI=1S/C27H28N4O2S2/c1-3-20-8-4-6-14-29(20)24-21(25(32)30-15-7-5-9-23(30)28-24)16-22-26(33)31(27(34)35-22)17-19-12-10-18(2)11-13-19/h5,7,9-13,15-16,20H,3-4,6,8,14,17H2,1-2H3/b22-16+. The van der Waals surface area contributed by atoms with Crippen LogP contribution in [-0.2, 0) is 11.3 Å². The maximum absolute atomic E-state index is 13.7. The maximum atomic E-state index is 13.7. The SMILES string of the molecule is CCC1CCCCN1c1nc2ccccn2c(=O)c1/C=C1/SC(=S)N(Cc2ccc(C)cc2)C1=O. The van der Waals surface area contributed by atoms with Crippen LogP contribution >= 0.6 is 24.0 Å². The zero-order valence-corrected chi connectivity index (χ0v) is 21.6. The number of carbonyl (C=O) groups excluding carboxylic acids is 1. The second-order valence-electron chi connectivity index (χ2n) is 9.09. The van der Waals surface area contributed by atoms with Gasteiger partial charge >= 0.3 is 0 Å². The third-order valence-electron chi connectivity index (χ3n) is 6.73. The van der Waals surface area contributed by atoms with Crippen molar-refractivity contribution in [1.29, 1.82) is 0 Å². The van der Waals surface area contributed by atoms with Crippen LogP contribution in [-0.4, -0.2) is 37.1 Å². The van der Waals surface area contributed by atoms with Crippen LogP contribution in [0.2, 0.25) is 0 Å². The Bertz CT molecular complexity index is 1380. The topological polar surface area (TPSA) is 57.9 Å². The minimum Gasteiger partial charge on any atom is -0.353 e. The summed E-state index contributed by atoms with van der Waals surface area (Å²) in [6.07, 6.45) is 7.72. The molecule has 1 aromatic carbocycles.